The van der Waals surface area contributed by atoms with Crippen LogP contribution in [0.25, 0.3) is 0 Å². The van der Waals surface area contributed by atoms with E-state index in [9.17, 15) is 0 Å². The number of carbonyl (C=O) groups is 1. The second-order valence-electron chi connectivity index (χ2n) is 0.576. The third-order valence-corrected chi connectivity index (χ3v) is 0.167. The van der Waals surface area contributed by atoms with Crippen molar-refractivity contribution in [3.63, 3.8) is 0 Å². The molecule has 0 saturated heterocycles. The fourth-order valence-corrected chi connectivity index (χ4v) is 0. The summed E-state index contributed by atoms with van der Waals surface area (Å²) < 4.78 is 0. The normalized spacial score (nSPS) is 4.62. The summed E-state index contributed by atoms with van der Waals surface area (Å²) in [4.78, 5) is 9.13. The molecule has 0 aliphatic heterocycles. The summed E-state index contributed by atoms with van der Waals surface area (Å²) >= 11 is 0. The van der Waals surface area contributed by atoms with E-state index in [4.69, 9.17) is 9.90 Å². The topological polar surface area (TPSA) is 139 Å². The molecule has 0 unspecified atom stereocenters. The first-order chi connectivity index (χ1) is 2.27. The van der Waals surface area contributed by atoms with Crippen molar-refractivity contribution in [2.45, 2.75) is 0 Å². The summed E-state index contributed by atoms with van der Waals surface area (Å²) in [6, 6.07) is 0. The molecule has 0 aromatic heterocycles. The third kappa shape index (κ3) is 45.1. The molecule has 0 spiro atoms. The minimum absolute atomic E-state index is 0. The third-order valence-electron chi connectivity index (χ3n) is 0.167. The molecule has 0 aromatic carbocycles. The van der Waals surface area contributed by atoms with Crippen molar-refractivity contribution < 1.29 is 22.3 Å². The Labute approximate surface area is 53.8 Å². The van der Waals surface area contributed by atoms with Crippen LogP contribution in [0.5, 0.6) is 0 Å². The van der Waals surface area contributed by atoms with Crippen molar-refractivity contribution in [2.75, 3.05) is 6.54 Å². The second-order valence-corrected chi connectivity index (χ2v) is 0.576. The lowest BCUT2D eigenvalue weighted by Gasteiger charge is -1.87. The maximum absolute atomic E-state index is 9.13. The van der Waals surface area contributed by atoms with Crippen LogP contribution in [0, 0.1) is 0 Å². The lowest BCUT2D eigenvalue weighted by molar-refractivity contribution is -0.303. The summed E-state index contributed by atoms with van der Waals surface area (Å²) in [7, 11) is 0. The van der Waals surface area contributed by atoms with E-state index < -0.39 is 5.97 Å². The average molecular weight is 146 g/mol. The van der Waals surface area contributed by atoms with Gasteiger partial charge < -0.3 is 40.3 Å². The number of nitrogens with two attached hydrogens (primary N) is 1. The maximum Gasteiger partial charge on any atom is 0.0550 e. The van der Waals surface area contributed by atoms with Gasteiger partial charge in [0.05, 0.1) is 5.97 Å². The van der Waals surface area contributed by atoms with Gasteiger partial charge in [0, 0.05) is 6.54 Å². The van der Waals surface area contributed by atoms with Gasteiger partial charge in [-0.2, -0.15) is 0 Å². The highest BCUT2D eigenvalue weighted by Crippen LogP contribution is 1.33. The molecule has 6 heteroatoms. The van der Waals surface area contributed by atoms with E-state index in [0.717, 1.165) is 0 Å². The van der Waals surface area contributed by atoms with Crippen molar-refractivity contribution >= 4 is 5.97 Å². The molecule has 0 aliphatic rings. The van der Waals surface area contributed by atoms with E-state index in [1.165, 1.54) is 0 Å². The van der Waals surface area contributed by atoms with Gasteiger partial charge in [0.1, 0.15) is 0 Å². The number of carboxylic acids is 1. The Kier molecular flexibility index (Phi) is 50.7. The fourth-order valence-electron chi connectivity index (χ4n) is 0. The predicted octanol–water partition coefficient (Wildman–Crippen LogP) is -4.55. The van der Waals surface area contributed by atoms with E-state index in [-0.39, 0.29) is 31.3 Å². The molecule has 5 nitrogen and oxygen atoms in total. The fraction of sp³-hybridized carbons (Fsp3) is 0.500. The Morgan fingerprint density at radius 3 is 1.62 bits per heavy atom. The highest BCUT2D eigenvalue weighted by Gasteiger charge is 1.65. The first kappa shape index (κ1) is 25.4. The standard InChI is InChI=1S/C2H5NO2.ClH.2H3N/c3-1-2(4)5;;;/h1,3H2,(H,4,5);1H;2*1H3. The minimum Gasteiger partial charge on any atom is -1.00 e. The van der Waals surface area contributed by atoms with Crippen LogP contribution in [0.15, 0.2) is 0 Å². The van der Waals surface area contributed by atoms with Gasteiger partial charge in [0.25, 0.3) is 0 Å². The maximum atomic E-state index is 9.13. The van der Waals surface area contributed by atoms with Crippen molar-refractivity contribution in [3.8, 4) is 0 Å². The van der Waals surface area contributed by atoms with Crippen LogP contribution >= 0.6 is 0 Å². The van der Waals surface area contributed by atoms with Crippen LogP contribution in [0.3, 0.4) is 0 Å². The van der Waals surface area contributed by atoms with E-state index in [0.29, 0.717) is 0 Å². The zero-order valence-corrected chi connectivity index (χ0v) is 5.73. The molecule has 0 fully saturated rings. The van der Waals surface area contributed by atoms with Gasteiger partial charge in [-0.3, -0.25) is 0 Å². The number of quaternary nitrogens is 2. The van der Waals surface area contributed by atoms with Crippen molar-refractivity contribution in [3.05, 3.63) is 0 Å². The first-order valence-corrected chi connectivity index (χ1v) is 1.17. The molecular formula is C2H12ClN3O2. The van der Waals surface area contributed by atoms with Crippen LogP contribution < -0.4 is 35.5 Å². The van der Waals surface area contributed by atoms with Crippen LogP contribution in [-0.4, -0.2) is 12.5 Å². The summed E-state index contributed by atoms with van der Waals surface area (Å²) in [6.07, 6.45) is 0. The first-order valence-electron chi connectivity index (χ1n) is 1.17. The SMILES string of the molecule is NCC(=O)[O-].[Cl-].[NH4+].[NH4+]. The van der Waals surface area contributed by atoms with E-state index in [1.807, 2.05) is 0 Å². The van der Waals surface area contributed by atoms with E-state index in [1.54, 1.807) is 0 Å². The van der Waals surface area contributed by atoms with Gasteiger partial charge >= 0.3 is 0 Å². The number of aliphatic carboxylic acids is 1. The molecule has 0 amide bonds. The smallest absolute Gasteiger partial charge is 0.0550 e. The molecule has 8 heavy (non-hydrogen) atoms. The quantitative estimate of drug-likeness (QED) is 0.342. The lowest BCUT2D eigenvalue weighted by atomic mass is 10.7. The number of carbonyl (C=O) groups excluding carboxylic acids is 1. The molecule has 0 aliphatic carbocycles. The highest BCUT2D eigenvalue weighted by molar-refractivity contribution is 5.66. The molecular weight excluding hydrogens is 133 g/mol. The Balaban J connectivity index is -0.0000000267. The zero-order chi connectivity index (χ0) is 4.28. The van der Waals surface area contributed by atoms with Gasteiger partial charge in [0.2, 0.25) is 0 Å². The molecule has 0 atom stereocenters. The van der Waals surface area contributed by atoms with Crippen molar-refractivity contribution in [1.29, 1.82) is 0 Å². The van der Waals surface area contributed by atoms with Gasteiger partial charge in [-0.15, -0.1) is 0 Å². The Bertz CT molecular complexity index is 50.5. The number of hydrogen-bond acceptors (Lipinski definition) is 3. The monoisotopic (exact) mass is 145 g/mol. The largest absolute Gasteiger partial charge is 1.00 e. The summed E-state index contributed by atoms with van der Waals surface area (Å²) in [5, 5.41) is 9.13. The van der Waals surface area contributed by atoms with Gasteiger partial charge in [0.15, 0.2) is 0 Å². The minimum atomic E-state index is -1.22. The molecule has 10 N–H and O–H groups in total. The zero-order valence-electron chi connectivity index (χ0n) is 4.98. The molecule has 0 aromatic rings. The summed E-state index contributed by atoms with van der Waals surface area (Å²) in [6.45, 7) is -0.389. The van der Waals surface area contributed by atoms with Crippen LogP contribution in [0.4, 0.5) is 0 Å². The summed E-state index contributed by atoms with van der Waals surface area (Å²) in [5.41, 5.74) is 4.51. The number of carboxylic acid groups (broad SMARTS) is 1. The summed E-state index contributed by atoms with van der Waals surface area (Å²) in [5.74, 6) is -1.22. The van der Waals surface area contributed by atoms with Crippen molar-refractivity contribution in [2.24, 2.45) is 5.73 Å². The number of halogens is 1. The number of rotatable bonds is 1. The second kappa shape index (κ2) is 15.9. The van der Waals surface area contributed by atoms with Gasteiger partial charge in [-0.1, -0.05) is 0 Å². The van der Waals surface area contributed by atoms with Crippen LogP contribution in [0.2, 0.25) is 0 Å². The number of hydrogen-bond donors (Lipinski definition) is 3. The molecule has 0 radical (unpaired) electrons. The average Bonchev–Trinajstić information content (AvgIpc) is 1.38. The van der Waals surface area contributed by atoms with Crippen LogP contribution in [0.1, 0.15) is 0 Å². The Morgan fingerprint density at radius 2 is 1.62 bits per heavy atom. The predicted molar refractivity (Wildman–Crippen MR) is 26.0 cm³/mol. The molecule has 0 rings (SSSR count). The Hall–Kier alpha value is -0.360. The highest BCUT2D eigenvalue weighted by atomic mass is 35.5. The lowest BCUT2D eigenvalue weighted by Crippen LogP contribution is -3.00. The van der Waals surface area contributed by atoms with Gasteiger partial charge in [-0.05, 0) is 0 Å². The van der Waals surface area contributed by atoms with Gasteiger partial charge in [-0.25, -0.2) is 0 Å². The van der Waals surface area contributed by atoms with E-state index >= 15 is 0 Å². The van der Waals surface area contributed by atoms with Crippen molar-refractivity contribution in [1.82, 2.24) is 12.3 Å². The molecule has 54 valence electrons. The molecule has 0 bridgehead atoms. The Morgan fingerprint density at radius 1 is 1.50 bits per heavy atom. The van der Waals surface area contributed by atoms with Crippen LogP contribution in [-0.2, 0) is 4.79 Å². The molecule has 0 saturated carbocycles. The van der Waals surface area contributed by atoms with E-state index in [2.05, 4.69) is 5.73 Å². The molecule has 0 heterocycles.